The first-order chi connectivity index (χ1) is 32.1. The molecular weight excluding hydrogens is 1030 g/mol. The zero-order valence-electron chi connectivity index (χ0n) is 40.9. The molecule has 5 nitrogen and oxygen atoms in total. The molecule has 0 aliphatic carbocycles. The summed E-state index contributed by atoms with van der Waals surface area (Å²) in [4.78, 5) is 14.9. The van der Waals surface area contributed by atoms with Crippen LogP contribution < -0.4 is 5.19 Å². The van der Waals surface area contributed by atoms with Crippen LogP contribution in [0.3, 0.4) is 0 Å². The second kappa shape index (κ2) is 19.8. The van der Waals surface area contributed by atoms with Crippen LogP contribution in [0.25, 0.3) is 83.7 Å². The first kappa shape index (κ1) is 48.2. The molecular formula is C61H60IrN4OSi-2. The third-order valence-corrected chi connectivity index (χ3v) is 14.5. The molecule has 0 fully saturated rings. The normalized spacial score (nSPS) is 11.9. The molecule has 7 heteroatoms. The fourth-order valence-corrected chi connectivity index (χ4v) is 10.8. The number of benzene rings is 6. The Balaban J connectivity index is 0.000000240. The van der Waals surface area contributed by atoms with Crippen LogP contribution in [0.15, 0.2) is 162 Å². The van der Waals surface area contributed by atoms with E-state index in [9.17, 15) is 0 Å². The van der Waals surface area contributed by atoms with Crippen molar-refractivity contribution in [2.45, 2.75) is 86.4 Å². The van der Waals surface area contributed by atoms with Gasteiger partial charge in [0.1, 0.15) is 5.58 Å². The van der Waals surface area contributed by atoms with E-state index in [1.54, 1.807) is 0 Å². The van der Waals surface area contributed by atoms with Crippen LogP contribution in [0.2, 0.25) is 19.6 Å². The third kappa shape index (κ3) is 9.98. The van der Waals surface area contributed by atoms with E-state index in [2.05, 4.69) is 194 Å². The standard InChI is InChI=1S/C42H34N3O.C19H26NSi.Ir/c1-26(2)35-22-30(28-14-7-5-8-15-28)23-36(27(3)4)39(35)45-37-24-31(29-16-9-6-10-17-29)25-43-41(37)44-42(45)34-20-13-19-33-32-18-11-12-21-38(32)46-40(33)34;1-19(2,3)13-16-12-17(15-10-8-7-9-11-15)20-14-18(16)21(4,5)6;/h5-19,21-27H,1-4H3;7-10,12,14H,13H2,1-6H3;/q2*-1;. The van der Waals surface area contributed by atoms with Gasteiger partial charge in [0, 0.05) is 49.1 Å². The van der Waals surface area contributed by atoms with Crippen molar-refractivity contribution < 1.29 is 24.5 Å². The van der Waals surface area contributed by atoms with Crippen molar-refractivity contribution in [2.75, 3.05) is 0 Å². The molecule has 0 aliphatic heterocycles. The maximum Gasteiger partial charge on any atom is 0.168 e. The zero-order chi connectivity index (χ0) is 47.0. The summed E-state index contributed by atoms with van der Waals surface area (Å²) in [6, 6.07) is 57.5. The van der Waals surface area contributed by atoms with E-state index in [0.29, 0.717) is 5.65 Å². The number of aromatic nitrogens is 4. The van der Waals surface area contributed by atoms with Crippen LogP contribution in [0.1, 0.15) is 77.0 Å². The van der Waals surface area contributed by atoms with Gasteiger partial charge in [-0.2, -0.15) is 0 Å². The van der Waals surface area contributed by atoms with Crippen molar-refractivity contribution in [3.63, 3.8) is 0 Å². The molecule has 10 rings (SSSR count). The molecule has 0 bridgehead atoms. The van der Waals surface area contributed by atoms with Crippen LogP contribution in [-0.4, -0.2) is 27.6 Å². The summed E-state index contributed by atoms with van der Waals surface area (Å²) in [6.07, 6.45) is 5.13. The van der Waals surface area contributed by atoms with Gasteiger partial charge in [0.15, 0.2) is 5.65 Å². The molecule has 345 valence electrons. The molecule has 0 N–H and O–H groups in total. The summed E-state index contributed by atoms with van der Waals surface area (Å²) in [6.45, 7) is 23.2. The summed E-state index contributed by atoms with van der Waals surface area (Å²) in [5, 5.41) is 3.61. The van der Waals surface area contributed by atoms with Crippen molar-refractivity contribution >= 4 is 46.4 Å². The minimum absolute atomic E-state index is 0. The Labute approximate surface area is 417 Å². The number of pyridine rings is 2. The molecule has 6 aromatic carbocycles. The van der Waals surface area contributed by atoms with Crippen molar-refractivity contribution in [2.24, 2.45) is 5.41 Å². The molecule has 1 radical (unpaired) electrons. The Hall–Kier alpha value is -6.24. The maximum atomic E-state index is 6.55. The number of hydrogen-bond donors (Lipinski definition) is 0. The first-order valence-corrected chi connectivity index (χ1v) is 27.1. The summed E-state index contributed by atoms with van der Waals surface area (Å²) in [7, 11) is -1.37. The number of hydrogen-bond acceptors (Lipinski definition) is 4. The van der Waals surface area contributed by atoms with Crippen LogP contribution in [0.5, 0.6) is 0 Å². The monoisotopic (exact) mass is 1090 g/mol. The van der Waals surface area contributed by atoms with Gasteiger partial charge in [-0.1, -0.05) is 170 Å². The van der Waals surface area contributed by atoms with E-state index < -0.39 is 8.07 Å². The fraction of sp³-hybridized carbons (Fsp3) is 0.230. The van der Waals surface area contributed by atoms with Gasteiger partial charge in [0.05, 0.1) is 25.0 Å². The smallest absolute Gasteiger partial charge is 0.168 e. The quantitative estimate of drug-likeness (QED) is 0.107. The number of imidazole rings is 1. The molecule has 0 unspecified atom stereocenters. The first-order valence-electron chi connectivity index (χ1n) is 23.6. The number of fused-ring (bicyclic) bond motifs is 4. The van der Waals surface area contributed by atoms with Gasteiger partial charge in [0.25, 0.3) is 0 Å². The van der Waals surface area contributed by atoms with E-state index in [0.717, 1.165) is 73.3 Å². The fourth-order valence-electron chi connectivity index (χ4n) is 9.21. The molecule has 10 aromatic rings. The molecule has 0 spiro atoms. The van der Waals surface area contributed by atoms with E-state index in [4.69, 9.17) is 19.4 Å². The number of nitrogens with zero attached hydrogens (tertiary/aromatic N) is 4. The van der Waals surface area contributed by atoms with E-state index in [1.807, 2.05) is 48.7 Å². The average Bonchev–Trinajstić information content (AvgIpc) is 3.90. The van der Waals surface area contributed by atoms with E-state index in [-0.39, 0.29) is 37.4 Å². The number of furan rings is 1. The predicted molar refractivity (Wildman–Crippen MR) is 284 cm³/mol. The number of para-hydroxylation sites is 1. The predicted octanol–water partition coefficient (Wildman–Crippen LogP) is 16.0. The number of rotatable bonds is 9. The van der Waals surface area contributed by atoms with Crippen molar-refractivity contribution in [1.82, 2.24) is 19.5 Å². The van der Waals surface area contributed by atoms with Crippen molar-refractivity contribution in [3.8, 4) is 50.6 Å². The molecule has 0 saturated heterocycles. The largest absolute Gasteiger partial charge is 0.501 e. The topological polar surface area (TPSA) is 56.7 Å². The van der Waals surface area contributed by atoms with Crippen LogP contribution in [0, 0.1) is 17.5 Å². The minimum atomic E-state index is -1.37. The van der Waals surface area contributed by atoms with E-state index in [1.165, 1.54) is 33.0 Å². The van der Waals surface area contributed by atoms with E-state index >= 15 is 0 Å². The van der Waals surface area contributed by atoms with Crippen molar-refractivity contribution in [3.05, 3.63) is 187 Å². The second-order valence-electron chi connectivity index (χ2n) is 20.6. The zero-order valence-corrected chi connectivity index (χ0v) is 44.3. The van der Waals surface area contributed by atoms with Gasteiger partial charge in [-0.05, 0) is 86.6 Å². The van der Waals surface area contributed by atoms with Gasteiger partial charge >= 0.3 is 0 Å². The summed E-state index contributed by atoms with van der Waals surface area (Å²) in [5.41, 5.74) is 16.2. The molecule has 0 atom stereocenters. The Bertz CT molecular complexity index is 3310. The average molecular weight is 1090 g/mol. The van der Waals surface area contributed by atoms with Gasteiger partial charge in [-0.3, -0.25) is 4.98 Å². The van der Waals surface area contributed by atoms with Crippen molar-refractivity contribution in [1.29, 1.82) is 0 Å². The molecule has 68 heavy (non-hydrogen) atoms. The van der Waals surface area contributed by atoms with Gasteiger partial charge in [0.2, 0.25) is 0 Å². The minimum Gasteiger partial charge on any atom is -0.501 e. The summed E-state index contributed by atoms with van der Waals surface area (Å²) in [5.74, 6) is 1.27. The Morgan fingerprint density at radius 3 is 1.88 bits per heavy atom. The van der Waals surface area contributed by atoms with Crippen LogP contribution >= 0.6 is 0 Å². The third-order valence-electron chi connectivity index (χ3n) is 12.4. The molecule has 0 saturated carbocycles. The summed E-state index contributed by atoms with van der Waals surface area (Å²) < 4.78 is 8.87. The Morgan fingerprint density at radius 1 is 0.632 bits per heavy atom. The molecule has 4 aromatic heterocycles. The summed E-state index contributed by atoms with van der Waals surface area (Å²) >= 11 is 0. The van der Waals surface area contributed by atoms with Gasteiger partial charge in [-0.15, -0.1) is 54.1 Å². The molecule has 0 amide bonds. The van der Waals surface area contributed by atoms with Crippen LogP contribution in [0.4, 0.5) is 0 Å². The Kier molecular flexibility index (Phi) is 14.0. The molecule has 4 heterocycles. The van der Waals surface area contributed by atoms with Crippen LogP contribution in [-0.2, 0) is 26.5 Å². The maximum absolute atomic E-state index is 6.55. The molecule has 0 aliphatic rings. The second-order valence-corrected chi connectivity index (χ2v) is 25.6. The SMILES string of the molecule is CC(C)(C)Cc1cc(-c2[c-]cccc2)ncc1[Si](C)(C)C.CC(C)c1cc(-c2ccccc2)cc(C(C)C)c1-n1c(-c2[c-]ccc3c2oc2ccccc23)nc2ncc(-c3ccccc3)cc21.[Ir]. The Morgan fingerprint density at radius 2 is 1.26 bits per heavy atom. The van der Waals surface area contributed by atoms with Gasteiger partial charge < -0.3 is 14.0 Å². The van der Waals surface area contributed by atoms with Gasteiger partial charge in [-0.25, -0.2) is 4.98 Å².